The summed E-state index contributed by atoms with van der Waals surface area (Å²) in [6.45, 7) is 2.88. The van der Waals surface area contributed by atoms with Crippen molar-refractivity contribution in [1.29, 1.82) is 0 Å². The summed E-state index contributed by atoms with van der Waals surface area (Å²) in [4.78, 5) is 19.0. The number of benzene rings is 1. The summed E-state index contributed by atoms with van der Waals surface area (Å²) in [5.41, 5.74) is 4.08. The van der Waals surface area contributed by atoms with Gasteiger partial charge in [-0.2, -0.15) is 4.98 Å². The van der Waals surface area contributed by atoms with Crippen LogP contribution in [0.1, 0.15) is 24.8 Å². The molecule has 6 rings (SSSR count). The average molecular weight is 389 g/mol. The molecular formula is C22H23N5O2. The predicted octanol–water partition coefficient (Wildman–Crippen LogP) is 2.72. The van der Waals surface area contributed by atoms with Crippen LogP contribution in [0.2, 0.25) is 0 Å². The molecule has 1 aliphatic carbocycles. The molecule has 3 fully saturated rings. The standard InChI is InChI=1S/C22H23N5O2/c28-21(16-8-9-16)24-22-23-20-3-1-2-19(27(20)25-22)15-6-4-14(5-7-15)11-26-12-18-10-17(26)13-29-18/h1-7,16-18H,8-13H2,(H,24,25,28)/t17-,18-/m1/s1. The van der Waals surface area contributed by atoms with Gasteiger partial charge in [0.15, 0.2) is 5.65 Å². The number of rotatable bonds is 5. The van der Waals surface area contributed by atoms with Gasteiger partial charge < -0.3 is 4.74 Å². The van der Waals surface area contributed by atoms with Gasteiger partial charge in [0.2, 0.25) is 11.9 Å². The molecule has 2 saturated heterocycles. The van der Waals surface area contributed by atoms with Crippen molar-refractivity contribution in [3.8, 4) is 11.3 Å². The lowest BCUT2D eigenvalue weighted by molar-refractivity contribution is -0.117. The maximum absolute atomic E-state index is 12.0. The molecule has 2 bridgehead atoms. The van der Waals surface area contributed by atoms with E-state index >= 15 is 0 Å². The molecule has 0 spiro atoms. The minimum absolute atomic E-state index is 0.0211. The van der Waals surface area contributed by atoms with Gasteiger partial charge in [0.05, 0.1) is 18.4 Å². The molecule has 1 amide bonds. The first-order valence-corrected chi connectivity index (χ1v) is 10.3. The Kier molecular flexibility index (Phi) is 3.92. The van der Waals surface area contributed by atoms with Gasteiger partial charge in [-0.3, -0.25) is 15.0 Å². The quantitative estimate of drug-likeness (QED) is 0.727. The van der Waals surface area contributed by atoms with Gasteiger partial charge in [0.1, 0.15) is 0 Å². The highest BCUT2D eigenvalue weighted by Crippen LogP contribution is 2.31. The number of pyridine rings is 1. The zero-order chi connectivity index (χ0) is 19.4. The lowest BCUT2D eigenvalue weighted by Crippen LogP contribution is -2.36. The van der Waals surface area contributed by atoms with E-state index in [-0.39, 0.29) is 11.8 Å². The second kappa shape index (κ2) is 6.64. The first-order chi connectivity index (χ1) is 14.2. The molecule has 2 atom stereocenters. The number of aromatic nitrogens is 3. The van der Waals surface area contributed by atoms with Crippen LogP contribution in [0.4, 0.5) is 5.95 Å². The second-order valence-corrected chi connectivity index (χ2v) is 8.35. The van der Waals surface area contributed by atoms with Crippen LogP contribution in [-0.2, 0) is 16.1 Å². The van der Waals surface area contributed by atoms with Crippen molar-refractivity contribution in [3.63, 3.8) is 0 Å². The van der Waals surface area contributed by atoms with Crippen LogP contribution in [0.3, 0.4) is 0 Å². The molecular weight excluding hydrogens is 366 g/mol. The number of hydrogen-bond acceptors (Lipinski definition) is 5. The summed E-state index contributed by atoms with van der Waals surface area (Å²) in [5.74, 6) is 0.524. The minimum Gasteiger partial charge on any atom is -0.375 e. The molecule has 0 radical (unpaired) electrons. The van der Waals surface area contributed by atoms with Crippen LogP contribution in [-0.4, -0.2) is 50.7 Å². The van der Waals surface area contributed by atoms with Crippen molar-refractivity contribution in [1.82, 2.24) is 19.5 Å². The van der Waals surface area contributed by atoms with Crippen molar-refractivity contribution in [2.24, 2.45) is 5.92 Å². The Morgan fingerprint density at radius 1 is 1.17 bits per heavy atom. The van der Waals surface area contributed by atoms with Gasteiger partial charge in [-0.25, -0.2) is 4.52 Å². The Labute approximate surface area is 168 Å². The van der Waals surface area contributed by atoms with Crippen LogP contribution in [0.25, 0.3) is 16.9 Å². The lowest BCUT2D eigenvalue weighted by Gasteiger charge is -2.26. The zero-order valence-corrected chi connectivity index (χ0v) is 16.1. The van der Waals surface area contributed by atoms with E-state index in [0.717, 1.165) is 49.4 Å². The average Bonchev–Trinajstić information content (AvgIpc) is 3.18. The Balaban J connectivity index is 1.23. The fraction of sp³-hybridized carbons (Fsp3) is 0.409. The van der Waals surface area contributed by atoms with E-state index in [4.69, 9.17) is 4.74 Å². The molecule has 0 unspecified atom stereocenters. The lowest BCUT2D eigenvalue weighted by atomic mass is 10.1. The third-order valence-electron chi connectivity index (χ3n) is 6.19. The third kappa shape index (κ3) is 3.20. The first kappa shape index (κ1) is 17.1. The maximum atomic E-state index is 12.0. The number of nitrogens with zero attached hydrogens (tertiary/aromatic N) is 4. The Morgan fingerprint density at radius 3 is 2.76 bits per heavy atom. The second-order valence-electron chi connectivity index (χ2n) is 8.35. The maximum Gasteiger partial charge on any atom is 0.249 e. The first-order valence-electron chi connectivity index (χ1n) is 10.3. The SMILES string of the molecule is O=C(Nc1nc2cccc(-c3ccc(CN4C[C@H]5C[C@@H]4CO5)cc3)n2n1)C1CC1. The van der Waals surface area contributed by atoms with Crippen LogP contribution in [0.5, 0.6) is 0 Å². The Bertz CT molecular complexity index is 1070. The van der Waals surface area contributed by atoms with E-state index in [0.29, 0.717) is 18.1 Å². The van der Waals surface area contributed by atoms with Crippen LogP contribution in [0.15, 0.2) is 42.5 Å². The Morgan fingerprint density at radius 2 is 2.03 bits per heavy atom. The summed E-state index contributed by atoms with van der Waals surface area (Å²) in [5, 5.41) is 7.36. The van der Waals surface area contributed by atoms with Crippen LogP contribution >= 0.6 is 0 Å². The number of likely N-dealkylation sites (tertiary alicyclic amines) is 1. The highest BCUT2D eigenvalue weighted by Gasteiger charge is 2.38. The number of hydrogen-bond donors (Lipinski definition) is 1. The number of carbonyl (C=O) groups excluding carboxylic acids is 1. The third-order valence-corrected chi connectivity index (χ3v) is 6.19. The van der Waals surface area contributed by atoms with Crippen molar-refractivity contribution in [2.45, 2.75) is 38.0 Å². The van der Waals surface area contributed by atoms with Gasteiger partial charge in [-0.1, -0.05) is 30.3 Å². The summed E-state index contributed by atoms with van der Waals surface area (Å²) >= 11 is 0. The molecule has 2 aromatic heterocycles. The number of nitrogens with one attached hydrogen (secondary N) is 1. The van der Waals surface area contributed by atoms with Crippen LogP contribution < -0.4 is 5.32 Å². The van der Waals surface area contributed by atoms with Crippen LogP contribution in [0, 0.1) is 5.92 Å². The van der Waals surface area contributed by atoms with Gasteiger partial charge in [-0.05, 0) is 37.0 Å². The highest BCUT2D eigenvalue weighted by atomic mass is 16.5. The normalized spacial score (nSPS) is 23.7. The molecule has 148 valence electrons. The number of morpholine rings is 1. The minimum atomic E-state index is 0.0211. The van der Waals surface area contributed by atoms with Crippen molar-refractivity contribution < 1.29 is 9.53 Å². The molecule has 1 aromatic carbocycles. The van der Waals surface area contributed by atoms with Gasteiger partial charge in [0.25, 0.3) is 0 Å². The molecule has 29 heavy (non-hydrogen) atoms. The topological polar surface area (TPSA) is 71.8 Å². The molecule has 4 heterocycles. The van der Waals surface area contributed by atoms with Crippen molar-refractivity contribution in [2.75, 3.05) is 18.5 Å². The molecule has 2 aliphatic heterocycles. The van der Waals surface area contributed by atoms with Gasteiger partial charge in [-0.15, -0.1) is 5.10 Å². The fourth-order valence-electron chi connectivity index (χ4n) is 4.42. The van der Waals surface area contributed by atoms with Gasteiger partial charge in [0, 0.05) is 30.6 Å². The number of amides is 1. The van der Waals surface area contributed by atoms with E-state index in [9.17, 15) is 4.79 Å². The summed E-state index contributed by atoms with van der Waals surface area (Å²) in [6.07, 6.45) is 3.52. The molecule has 1 N–H and O–H groups in total. The predicted molar refractivity (Wildman–Crippen MR) is 108 cm³/mol. The monoisotopic (exact) mass is 389 g/mol. The van der Waals surface area contributed by atoms with E-state index in [1.165, 1.54) is 12.0 Å². The largest absolute Gasteiger partial charge is 0.375 e. The van der Waals surface area contributed by atoms with E-state index in [2.05, 4.69) is 44.6 Å². The highest BCUT2D eigenvalue weighted by molar-refractivity contribution is 5.92. The number of fused-ring (bicyclic) bond motifs is 3. The number of ether oxygens (including phenoxy) is 1. The molecule has 7 nitrogen and oxygen atoms in total. The van der Waals surface area contributed by atoms with E-state index in [1.54, 1.807) is 4.52 Å². The molecule has 1 saturated carbocycles. The molecule has 3 aliphatic rings. The van der Waals surface area contributed by atoms with Crippen molar-refractivity contribution >= 4 is 17.5 Å². The molecule has 3 aromatic rings. The van der Waals surface area contributed by atoms with E-state index < -0.39 is 0 Å². The smallest absolute Gasteiger partial charge is 0.249 e. The van der Waals surface area contributed by atoms with Gasteiger partial charge >= 0.3 is 0 Å². The fourth-order valence-corrected chi connectivity index (χ4v) is 4.42. The number of anilines is 1. The zero-order valence-electron chi connectivity index (χ0n) is 16.1. The van der Waals surface area contributed by atoms with Crippen molar-refractivity contribution in [3.05, 3.63) is 48.0 Å². The summed E-state index contributed by atoms with van der Waals surface area (Å²) in [6, 6.07) is 15.1. The summed E-state index contributed by atoms with van der Waals surface area (Å²) in [7, 11) is 0. The van der Waals surface area contributed by atoms with E-state index in [1.807, 2.05) is 18.2 Å². The number of carbonyl (C=O) groups is 1. The molecule has 7 heteroatoms. The summed E-state index contributed by atoms with van der Waals surface area (Å²) < 4.78 is 7.50. The Hall–Kier alpha value is -2.77.